The molecule has 7 nitrogen and oxygen atoms in total. The molecule has 0 aromatic rings. The lowest BCUT2D eigenvalue weighted by Gasteiger charge is -2.45. The third kappa shape index (κ3) is 5.40. The molecule has 0 bridgehead atoms. The van der Waals surface area contributed by atoms with Crippen LogP contribution in [0.3, 0.4) is 0 Å². The third-order valence-corrected chi connectivity index (χ3v) is 7.89. The molecule has 2 heterocycles. The summed E-state index contributed by atoms with van der Waals surface area (Å²) in [5, 5.41) is 36.3. The van der Waals surface area contributed by atoms with Gasteiger partial charge >= 0.3 is 0 Å². The van der Waals surface area contributed by atoms with Crippen LogP contribution in [0.1, 0.15) is 45.4 Å². The molecular weight excluding hydrogens is 416 g/mol. The number of aliphatic hydroxyl groups is 3. The molecule has 0 aromatic heterocycles. The van der Waals surface area contributed by atoms with Gasteiger partial charge in [-0.15, -0.1) is 23.4 Å². The zero-order valence-corrected chi connectivity index (χ0v) is 18.7. The van der Waals surface area contributed by atoms with Crippen LogP contribution < -0.4 is 10.6 Å². The van der Waals surface area contributed by atoms with Crippen LogP contribution in [0.15, 0.2) is 0 Å². The Hall–Kier alpha value is -0.0900. The monoisotopic (exact) mass is 450 g/mol. The van der Waals surface area contributed by atoms with Gasteiger partial charge in [-0.3, -0.25) is 4.79 Å². The first-order valence-corrected chi connectivity index (χ1v) is 12.5. The van der Waals surface area contributed by atoms with Crippen LogP contribution >= 0.6 is 23.4 Å². The summed E-state index contributed by atoms with van der Waals surface area (Å²) < 4.78 is 5.81. The van der Waals surface area contributed by atoms with E-state index in [2.05, 4.69) is 10.6 Å². The number of thioether (sulfide) groups is 1. The first-order valence-electron chi connectivity index (χ1n) is 10.7. The van der Waals surface area contributed by atoms with Gasteiger partial charge in [0.2, 0.25) is 5.91 Å². The van der Waals surface area contributed by atoms with Crippen molar-refractivity contribution < 1.29 is 24.9 Å². The van der Waals surface area contributed by atoms with Gasteiger partial charge in [-0.2, -0.15) is 0 Å². The van der Waals surface area contributed by atoms with Crippen LogP contribution in [0.2, 0.25) is 0 Å². The standard InChI is InChI=1S/C20H35ClN2O5S/c1-10(21)13(18-16(25)15(24)17(26)20(28-18)29-2)23-19(27)14-12(9-22-14)8-4-7-11-5-3-6-11/h10-18,20,22,24-26H,3-9H2,1-2H3,(H,23,27)/t10?,12?,13?,14?,15-,16+,17+,18+,20+/m0/s1. The van der Waals surface area contributed by atoms with Gasteiger partial charge in [-0.1, -0.05) is 32.1 Å². The Morgan fingerprint density at radius 3 is 2.48 bits per heavy atom. The van der Waals surface area contributed by atoms with E-state index in [1.54, 1.807) is 13.2 Å². The van der Waals surface area contributed by atoms with Crippen molar-refractivity contribution in [3.05, 3.63) is 0 Å². The van der Waals surface area contributed by atoms with Crippen molar-refractivity contribution in [2.75, 3.05) is 12.8 Å². The molecule has 0 aromatic carbocycles. The zero-order valence-electron chi connectivity index (χ0n) is 17.2. The quantitative estimate of drug-likeness (QED) is 0.331. The molecular formula is C20H35ClN2O5S. The molecule has 0 spiro atoms. The van der Waals surface area contributed by atoms with E-state index in [4.69, 9.17) is 16.3 Å². The smallest absolute Gasteiger partial charge is 0.237 e. The number of hydrogen-bond donors (Lipinski definition) is 5. The largest absolute Gasteiger partial charge is 0.388 e. The molecule has 3 aliphatic rings. The lowest BCUT2D eigenvalue weighted by molar-refractivity contribution is -0.205. The second-order valence-corrected chi connectivity index (χ2v) is 10.4. The van der Waals surface area contributed by atoms with Gasteiger partial charge in [0.15, 0.2) is 0 Å². The van der Waals surface area contributed by atoms with Crippen molar-refractivity contribution in [2.45, 2.75) is 92.8 Å². The summed E-state index contributed by atoms with van der Waals surface area (Å²) >= 11 is 7.57. The van der Waals surface area contributed by atoms with Crippen LogP contribution in [-0.2, 0) is 9.53 Å². The number of rotatable bonds is 9. The van der Waals surface area contributed by atoms with Gasteiger partial charge in [-0.05, 0) is 31.4 Å². The number of ether oxygens (including phenoxy) is 1. The number of alkyl halides is 1. The Morgan fingerprint density at radius 2 is 1.97 bits per heavy atom. The van der Waals surface area contributed by atoms with Crippen LogP contribution in [0.25, 0.3) is 0 Å². The van der Waals surface area contributed by atoms with Crippen LogP contribution in [0.4, 0.5) is 0 Å². The van der Waals surface area contributed by atoms with Crippen LogP contribution in [0, 0.1) is 11.8 Å². The van der Waals surface area contributed by atoms with E-state index in [1.807, 2.05) is 0 Å². The van der Waals surface area contributed by atoms with E-state index in [1.165, 1.54) is 37.4 Å². The fourth-order valence-electron chi connectivity index (χ4n) is 4.51. The molecule has 29 heavy (non-hydrogen) atoms. The topological polar surface area (TPSA) is 111 Å². The fraction of sp³-hybridized carbons (Fsp3) is 0.950. The Kier molecular flexibility index (Phi) is 8.52. The van der Waals surface area contributed by atoms with Crippen molar-refractivity contribution in [2.24, 2.45) is 11.8 Å². The maximum Gasteiger partial charge on any atom is 0.237 e. The summed E-state index contributed by atoms with van der Waals surface area (Å²) in [5.41, 5.74) is -0.700. The lowest BCUT2D eigenvalue weighted by Crippen LogP contribution is -2.67. The molecule has 9 heteroatoms. The second kappa shape index (κ2) is 10.5. The molecule has 3 rings (SSSR count). The van der Waals surface area contributed by atoms with Crippen molar-refractivity contribution in [1.82, 2.24) is 10.6 Å². The minimum absolute atomic E-state index is 0.153. The third-order valence-electron chi connectivity index (χ3n) is 6.76. The summed E-state index contributed by atoms with van der Waals surface area (Å²) in [6.45, 7) is 2.56. The van der Waals surface area contributed by atoms with Crippen LogP contribution in [-0.4, -0.2) is 81.3 Å². The molecule has 0 radical (unpaired) electrons. The predicted octanol–water partition coefficient (Wildman–Crippen LogP) is 0.827. The molecule has 1 amide bonds. The maximum absolute atomic E-state index is 12.9. The fourth-order valence-corrected chi connectivity index (χ4v) is 5.39. The number of hydrogen-bond acceptors (Lipinski definition) is 7. The van der Waals surface area contributed by atoms with Gasteiger partial charge in [0.1, 0.15) is 29.9 Å². The minimum atomic E-state index is -1.36. The molecule has 2 saturated heterocycles. The highest BCUT2D eigenvalue weighted by Crippen LogP contribution is 2.33. The molecule has 3 fully saturated rings. The SMILES string of the molecule is CS[C@H]1O[C@H](C(NC(=O)C2NCC2CCCC2CCC2)C(C)Cl)[C@H](O)[C@H](O)[C@H]1O. The van der Waals surface area contributed by atoms with E-state index >= 15 is 0 Å². The second-order valence-electron chi connectivity index (χ2n) is 8.76. The molecule has 5 N–H and O–H groups in total. The average molecular weight is 451 g/mol. The van der Waals surface area contributed by atoms with Gasteiger partial charge in [0.05, 0.1) is 17.5 Å². The van der Waals surface area contributed by atoms with Gasteiger partial charge in [0, 0.05) is 6.54 Å². The van der Waals surface area contributed by atoms with Crippen molar-refractivity contribution >= 4 is 29.3 Å². The predicted molar refractivity (Wildman–Crippen MR) is 114 cm³/mol. The molecule has 1 aliphatic carbocycles. The Labute approximate surface area is 182 Å². The molecule has 4 unspecified atom stereocenters. The first-order chi connectivity index (χ1) is 13.8. The van der Waals surface area contributed by atoms with Gasteiger partial charge < -0.3 is 30.7 Å². The highest BCUT2D eigenvalue weighted by molar-refractivity contribution is 7.99. The van der Waals surface area contributed by atoms with E-state index in [0.29, 0.717) is 5.92 Å². The summed E-state index contributed by atoms with van der Waals surface area (Å²) in [4.78, 5) is 12.9. The van der Waals surface area contributed by atoms with E-state index in [9.17, 15) is 20.1 Å². The van der Waals surface area contributed by atoms with E-state index in [0.717, 1.165) is 25.3 Å². The number of amides is 1. The Morgan fingerprint density at radius 1 is 1.24 bits per heavy atom. The van der Waals surface area contributed by atoms with Crippen molar-refractivity contribution in [3.8, 4) is 0 Å². The maximum atomic E-state index is 12.9. The Balaban J connectivity index is 1.55. The number of aliphatic hydroxyl groups excluding tert-OH is 3. The summed E-state index contributed by atoms with van der Waals surface area (Å²) in [7, 11) is 0. The Bertz CT molecular complexity index is 551. The zero-order chi connectivity index (χ0) is 21.1. The molecule has 168 valence electrons. The number of nitrogens with one attached hydrogen (secondary N) is 2. The number of carbonyl (C=O) groups excluding carboxylic acids is 1. The normalized spacial score (nSPS) is 39.9. The van der Waals surface area contributed by atoms with E-state index in [-0.39, 0.29) is 11.9 Å². The van der Waals surface area contributed by atoms with E-state index < -0.39 is 41.3 Å². The van der Waals surface area contributed by atoms with Crippen molar-refractivity contribution in [1.29, 1.82) is 0 Å². The van der Waals surface area contributed by atoms with Gasteiger partial charge in [0.25, 0.3) is 0 Å². The van der Waals surface area contributed by atoms with Crippen LogP contribution in [0.5, 0.6) is 0 Å². The van der Waals surface area contributed by atoms with Gasteiger partial charge in [-0.25, -0.2) is 0 Å². The summed E-state index contributed by atoms with van der Waals surface area (Å²) in [5.74, 6) is 1.04. The highest BCUT2D eigenvalue weighted by Gasteiger charge is 2.48. The number of halogens is 1. The van der Waals surface area contributed by atoms with Crippen molar-refractivity contribution in [3.63, 3.8) is 0 Å². The molecule has 1 saturated carbocycles. The molecule has 2 aliphatic heterocycles. The summed E-state index contributed by atoms with van der Waals surface area (Å²) in [6.07, 6.45) is 4.44. The average Bonchev–Trinajstić information content (AvgIpc) is 2.62. The molecule has 9 atom stereocenters. The summed E-state index contributed by atoms with van der Waals surface area (Å²) in [6, 6.07) is -0.948. The minimum Gasteiger partial charge on any atom is -0.388 e. The first kappa shape index (κ1) is 23.6. The number of carbonyl (C=O) groups is 1. The highest BCUT2D eigenvalue weighted by atomic mass is 35.5. The lowest BCUT2D eigenvalue weighted by atomic mass is 9.79.